The normalized spacial score (nSPS) is 36.4. The summed E-state index contributed by atoms with van der Waals surface area (Å²) in [7, 11) is 0. The molecule has 3 nitrogen and oxygen atoms in total. The highest BCUT2D eigenvalue weighted by Crippen LogP contribution is 2.45. The van der Waals surface area contributed by atoms with E-state index in [0.29, 0.717) is 11.3 Å². The first-order valence-corrected chi connectivity index (χ1v) is 7.79. The topological polar surface area (TPSA) is 55.1 Å². The molecule has 3 heteroatoms. The maximum absolute atomic E-state index is 12.5. The van der Waals surface area contributed by atoms with Crippen molar-refractivity contribution in [1.29, 1.82) is 0 Å². The number of amides is 1. The molecular formula is C16H30N2O. The lowest BCUT2D eigenvalue weighted by atomic mass is 9.60. The van der Waals surface area contributed by atoms with Crippen LogP contribution in [-0.4, -0.2) is 18.5 Å². The van der Waals surface area contributed by atoms with Gasteiger partial charge in [0.05, 0.1) is 0 Å². The third-order valence-corrected chi connectivity index (χ3v) is 6.07. The summed E-state index contributed by atoms with van der Waals surface area (Å²) in [5, 5.41) is 3.21. The van der Waals surface area contributed by atoms with Crippen LogP contribution in [0.15, 0.2) is 0 Å². The Labute approximate surface area is 117 Å². The minimum Gasteiger partial charge on any atom is -0.355 e. The predicted molar refractivity (Wildman–Crippen MR) is 78.6 cm³/mol. The summed E-state index contributed by atoms with van der Waals surface area (Å²) in [4.78, 5) is 12.5. The minimum atomic E-state index is 0.00225. The first-order chi connectivity index (χ1) is 8.76. The average Bonchev–Trinajstić information content (AvgIpc) is 2.31. The zero-order valence-corrected chi connectivity index (χ0v) is 13.0. The van der Waals surface area contributed by atoms with Gasteiger partial charge in [0.2, 0.25) is 5.91 Å². The van der Waals surface area contributed by atoms with Crippen LogP contribution >= 0.6 is 0 Å². The predicted octanol–water partition coefficient (Wildman–Crippen LogP) is 2.69. The third kappa shape index (κ3) is 2.81. The second-order valence-electron chi connectivity index (χ2n) is 7.79. The van der Waals surface area contributed by atoms with Crippen molar-refractivity contribution in [2.24, 2.45) is 28.4 Å². The van der Waals surface area contributed by atoms with Crippen LogP contribution in [0.1, 0.15) is 59.8 Å². The van der Waals surface area contributed by atoms with E-state index in [4.69, 9.17) is 5.73 Å². The van der Waals surface area contributed by atoms with Gasteiger partial charge in [-0.1, -0.05) is 34.1 Å². The molecule has 0 bridgehead atoms. The second kappa shape index (κ2) is 5.08. The molecule has 0 spiro atoms. The number of hydrogen-bond acceptors (Lipinski definition) is 2. The largest absolute Gasteiger partial charge is 0.355 e. The van der Waals surface area contributed by atoms with Crippen LogP contribution in [0.5, 0.6) is 0 Å². The zero-order chi connectivity index (χ0) is 14.3. The average molecular weight is 266 g/mol. The molecule has 2 aliphatic carbocycles. The van der Waals surface area contributed by atoms with Gasteiger partial charge in [-0.15, -0.1) is 0 Å². The second-order valence-corrected chi connectivity index (χ2v) is 7.79. The lowest BCUT2D eigenvalue weighted by molar-refractivity contribution is -0.133. The van der Waals surface area contributed by atoms with Crippen molar-refractivity contribution in [2.45, 2.75) is 65.8 Å². The van der Waals surface area contributed by atoms with Gasteiger partial charge in [0.1, 0.15) is 0 Å². The van der Waals surface area contributed by atoms with E-state index in [1.807, 2.05) is 0 Å². The molecule has 1 amide bonds. The van der Waals surface area contributed by atoms with Gasteiger partial charge in [-0.3, -0.25) is 4.79 Å². The summed E-state index contributed by atoms with van der Waals surface area (Å²) < 4.78 is 0. The maximum Gasteiger partial charge on any atom is 0.223 e. The Kier molecular flexibility index (Phi) is 3.97. The fourth-order valence-electron chi connectivity index (χ4n) is 3.70. The van der Waals surface area contributed by atoms with Crippen LogP contribution < -0.4 is 11.1 Å². The van der Waals surface area contributed by atoms with Gasteiger partial charge in [-0.25, -0.2) is 0 Å². The molecule has 19 heavy (non-hydrogen) atoms. The molecular weight excluding hydrogens is 236 g/mol. The van der Waals surface area contributed by atoms with Gasteiger partial charge in [0.15, 0.2) is 0 Å². The van der Waals surface area contributed by atoms with Crippen LogP contribution in [0.3, 0.4) is 0 Å². The smallest absolute Gasteiger partial charge is 0.223 e. The van der Waals surface area contributed by atoms with E-state index in [1.54, 1.807) is 0 Å². The first-order valence-electron chi connectivity index (χ1n) is 7.79. The van der Waals surface area contributed by atoms with Gasteiger partial charge in [0.25, 0.3) is 0 Å². The number of nitrogens with one attached hydrogen (secondary N) is 1. The summed E-state index contributed by atoms with van der Waals surface area (Å²) in [5.74, 6) is 0.763. The summed E-state index contributed by atoms with van der Waals surface area (Å²) in [6.45, 7) is 9.72. The Balaban J connectivity index is 1.94. The molecule has 0 aromatic heterocycles. The van der Waals surface area contributed by atoms with Crippen molar-refractivity contribution in [1.82, 2.24) is 5.32 Å². The zero-order valence-electron chi connectivity index (χ0n) is 13.0. The molecule has 0 saturated heterocycles. The summed E-state index contributed by atoms with van der Waals surface area (Å²) in [5.41, 5.74) is 6.52. The summed E-state index contributed by atoms with van der Waals surface area (Å²) in [6, 6.07) is 0.239. The van der Waals surface area contributed by atoms with Crippen molar-refractivity contribution in [3.8, 4) is 0 Å². The Morgan fingerprint density at radius 2 is 1.89 bits per heavy atom. The summed E-state index contributed by atoms with van der Waals surface area (Å²) >= 11 is 0. The van der Waals surface area contributed by atoms with Crippen LogP contribution in [0, 0.1) is 22.7 Å². The number of rotatable bonds is 3. The molecule has 0 aromatic carbocycles. The molecule has 0 heterocycles. The highest BCUT2D eigenvalue weighted by atomic mass is 16.1. The van der Waals surface area contributed by atoms with E-state index in [0.717, 1.165) is 19.4 Å². The molecule has 2 rings (SSSR count). The molecule has 2 saturated carbocycles. The Hall–Kier alpha value is -0.570. The highest BCUT2D eigenvalue weighted by molar-refractivity contribution is 5.79. The molecule has 2 fully saturated rings. The van der Waals surface area contributed by atoms with Crippen molar-refractivity contribution in [3.05, 3.63) is 0 Å². The molecule has 3 atom stereocenters. The van der Waals surface area contributed by atoms with Gasteiger partial charge in [-0.05, 0) is 42.4 Å². The first kappa shape index (κ1) is 14.8. The van der Waals surface area contributed by atoms with E-state index < -0.39 is 0 Å². The molecule has 3 unspecified atom stereocenters. The van der Waals surface area contributed by atoms with E-state index >= 15 is 0 Å². The Bertz CT molecular complexity index is 347. The monoisotopic (exact) mass is 266 g/mol. The third-order valence-electron chi connectivity index (χ3n) is 6.07. The van der Waals surface area contributed by atoms with Crippen LogP contribution in [-0.2, 0) is 4.79 Å². The van der Waals surface area contributed by atoms with Gasteiger partial charge in [-0.2, -0.15) is 0 Å². The van der Waals surface area contributed by atoms with Crippen molar-refractivity contribution >= 4 is 5.91 Å². The van der Waals surface area contributed by atoms with E-state index in [2.05, 4.69) is 33.0 Å². The molecule has 2 aliphatic rings. The SMILES string of the molecule is CC1C(N)CCC(C(=O)NCC2(C)CCC2)C1(C)C. The lowest BCUT2D eigenvalue weighted by Gasteiger charge is -2.46. The van der Waals surface area contributed by atoms with E-state index in [9.17, 15) is 4.79 Å². The molecule has 110 valence electrons. The number of carbonyl (C=O) groups excluding carboxylic acids is 1. The fraction of sp³-hybridized carbons (Fsp3) is 0.938. The van der Waals surface area contributed by atoms with Crippen LogP contribution in [0.25, 0.3) is 0 Å². The lowest BCUT2D eigenvalue weighted by Crippen LogP contribution is -2.52. The molecule has 3 N–H and O–H groups in total. The van der Waals surface area contributed by atoms with Gasteiger partial charge < -0.3 is 11.1 Å². The van der Waals surface area contributed by atoms with Gasteiger partial charge in [0, 0.05) is 18.5 Å². The van der Waals surface area contributed by atoms with E-state index in [1.165, 1.54) is 19.3 Å². The van der Waals surface area contributed by atoms with Crippen molar-refractivity contribution < 1.29 is 4.79 Å². The molecule has 0 aliphatic heterocycles. The van der Waals surface area contributed by atoms with Crippen molar-refractivity contribution in [2.75, 3.05) is 6.54 Å². The molecule has 0 radical (unpaired) electrons. The molecule has 0 aromatic rings. The van der Waals surface area contributed by atoms with Crippen LogP contribution in [0.4, 0.5) is 0 Å². The number of hydrogen-bond donors (Lipinski definition) is 2. The minimum absolute atomic E-state index is 0.00225. The standard InChI is InChI=1S/C16H30N2O/c1-11-13(17)7-6-12(15(11,2)3)14(19)18-10-16(4)8-5-9-16/h11-13H,5-10,17H2,1-4H3,(H,18,19). The number of carbonyl (C=O) groups is 1. The highest BCUT2D eigenvalue weighted by Gasteiger charge is 2.45. The maximum atomic E-state index is 12.5. The number of nitrogens with two attached hydrogens (primary N) is 1. The Morgan fingerprint density at radius 3 is 2.42 bits per heavy atom. The van der Waals surface area contributed by atoms with E-state index in [-0.39, 0.29) is 23.3 Å². The Morgan fingerprint density at radius 1 is 1.26 bits per heavy atom. The fourth-order valence-corrected chi connectivity index (χ4v) is 3.70. The van der Waals surface area contributed by atoms with Crippen LogP contribution in [0.2, 0.25) is 0 Å². The van der Waals surface area contributed by atoms with Gasteiger partial charge >= 0.3 is 0 Å². The summed E-state index contributed by atoms with van der Waals surface area (Å²) in [6.07, 6.45) is 5.72. The quantitative estimate of drug-likeness (QED) is 0.825. The van der Waals surface area contributed by atoms with Crippen molar-refractivity contribution in [3.63, 3.8) is 0 Å².